The summed E-state index contributed by atoms with van der Waals surface area (Å²) < 4.78 is 1.79. The van der Waals surface area contributed by atoms with E-state index in [9.17, 15) is 5.11 Å². The second kappa shape index (κ2) is 9.51. The van der Waals surface area contributed by atoms with Crippen molar-refractivity contribution in [3.05, 3.63) is 30.4 Å². The molecule has 0 spiro atoms. The average molecular weight is 402 g/mol. The SMILES string of the molecule is OCCn1cc(CN2CCN(c3nccnc3N3CCC(CO)CC3)CC2)cn1. The van der Waals surface area contributed by atoms with Gasteiger partial charge >= 0.3 is 0 Å². The lowest BCUT2D eigenvalue weighted by atomic mass is 9.98. The third-order valence-electron chi connectivity index (χ3n) is 5.93. The molecule has 2 fully saturated rings. The first kappa shape index (κ1) is 20.1. The van der Waals surface area contributed by atoms with Crippen LogP contribution in [0.4, 0.5) is 11.6 Å². The van der Waals surface area contributed by atoms with Gasteiger partial charge < -0.3 is 20.0 Å². The van der Waals surface area contributed by atoms with Gasteiger partial charge in [-0.15, -0.1) is 0 Å². The highest BCUT2D eigenvalue weighted by molar-refractivity contribution is 5.62. The van der Waals surface area contributed by atoms with Crippen LogP contribution in [0.5, 0.6) is 0 Å². The van der Waals surface area contributed by atoms with Gasteiger partial charge in [0, 0.05) is 76.6 Å². The Morgan fingerprint density at radius 2 is 1.55 bits per heavy atom. The predicted octanol–water partition coefficient (Wildman–Crippen LogP) is 0.196. The fourth-order valence-corrected chi connectivity index (χ4v) is 4.19. The largest absolute Gasteiger partial charge is 0.396 e. The monoisotopic (exact) mass is 401 g/mol. The number of aromatic nitrogens is 4. The first-order valence-corrected chi connectivity index (χ1v) is 10.5. The second-order valence-corrected chi connectivity index (χ2v) is 7.92. The lowest BCUT2D eigenvalue weighted by Crippen LogP contribution is -2.47. The molecule has 2 N–H and O–H groups in total. The highest BCUT2D eigenvalue weighted by atomic mass is 16.3. The van der Waals surface area contributed by atoms with E-state index in [1.165, 1.54) is 5.56 Å². The normalized spacial score (nSPS) is 19.1. The topological polar surface area (TPSA) is 93.8 Å². The number of nitrogens with zero attached hydrogens (tertiary/aromatic N) is 7. The Labute approximate surface area is 171 Å². The molecule has 0 amide bonds. The van der Waals surface area contributed by atoms with Crippen molar-refractivity contribution in [2.75, 3.05) is 62.3 Å². The van der Waals surface area contributed by atoms with Crippen LogP contribution in [0.3, 0.4) is 0 Å². The van der Waals surface area contributed by atoms with Crippen molar-refractivity contribution >= 4 is 11.6 Å². The molecule has 158 valence electrons. The quantitative estimate of drug-likeness (QED) is 0.680. The molecule has 9 heteroatoms. The summed E-state index contributed by atoms with van der Waals surface area (Å²) in [5.74, 6) is 2.37. The maximum absolute atomic E-state index is 9.39. The third-order valence-corrected chi connectivity index (χ3v) is 5.93. The van der Waals surface area contributed by atoms with Gasteiger partial charge in [-0.25, -0.2) is 9.97 Å². The Kier molecular flexibility index (Phi) is 6.58. The zero-order chi connectivity index (χ0) is 20.1. The highest BCUT2D eigenvalue weighted by Crippen LogP contribution is 2.29. The van der Waals surface area contributed by atoms with Crippen LogP contribution < -0.4 is 9.80 Å². The van der Waals surface area contributed by atoms with E-state index in [1.807, 2.05) is 12.4 Å². The van der Waals surface area contributed by atoms with Gasteiger partial charge in [0.15, 0.2) is 11.6 Å². The zero-order valence-corrected chi connectivity index (χ0v) is 16.9. The van der Waals surface area contributed by atoms with Crippen molar-refractivity contribution in [2.24, 2.45) is 5.92 Å². The molecule has 2 saturated heterocycles. The van der Waals surface area contributed by atoms with Gasteiger partial charge in [-0.1, -0.05) is 0 Å². The molecule has 4 heterocycles. The number of aliphatic hydroxyl groups excluding tert-OH is 2. The van der Waals surface area contributed by atoms with Gasteiger partial charge in [0.05, 0.1) is 19.3 Å². The summed E-state index contributed by atoms with van der Waals surface area (Å²) in [6.07, 6.45) is 9.46. The molecule has 0 atom stereocenters. The van der Waals surface area contributed by atoms with Crippen LogP contribution in [0.25, 0.3) is 0 Å². The number of hydrogen-bond acceptors (Lipinski definition) is 8. The summed E-state index contributed by atoms with van der Waals surface area (Å²) in [5, 5.41) is 22.7. The van der Waals surface area contributed by atoms with E-state index in [-0.39, 0.29) is 13.2 Å². The lowest BCUT2D eigenvalue weighted by molar-refractivity contribution is 0.202. The van der Waals surface area contributed by atoms with Crippen molar-refractivity contribution in [1.29, 1.82) is 0 Å². The standard InChI is InChI=1S/C20H31N7O2/c28-12-11-27-15-18(13-23-27)14-24-7-9-26(10-8-24)20-19(21-3-4-22-20)25-5-1-17(16-29)2-6-25/h3-4,13,15,17,28-29H,1-2,5-12,14,16H2. The van der Waals surface area contributed by atoms with Crippen LogP contribution in [0.15, 0.2) is 24.8 Å². The number of piperidine rings is 1. The molecule has 9 nitrogen and oxygen atoms in total. The van der Waals surface area contributed by atoms with Gasteiger partial charge in [-0.05, 0) is 18.8 Å². The Morgan fingerprint density at radius 3 is 2.17 bits per heavy atom. The Balaban J connectivity index is 1.35. The molecule has 2 aromatic heterocycles. The summed E-state index contributed by atoms with van der Waals surface area (Å²) in [6.45, 7) is 7.43. The minimum atomic E-state index is 0.109. The molecule has 2 aliphatic heterocycles. The maximum Gasteiger partial charge on any atom is 0.172 e. The molecular formula is C20H31N7O2. The molecule has 29 heavy (non-hydrogen) atoms. The molecule has 0 aromatic carbocycles. The summed E-state index contributed by atoms with van der Waals surface area (Å²) in [6, 6.07) is 0. The van der Waals surface area contributed by atoms with Crippen molar-refractivity contribution in [3.8, 4) is 0 Å². The minimum Gasteiger partial charge on any atom is -0.396 e. The third kappa shape index (κ3) is 4.85. The number of piperazine rings is 1. The van der Waals surface area contributed by atoms with E-state index in [0.29, 0.717) is 12.5 Å². The fraction of sp³-hybridized carbons (Fsp3) is 0.650. The van der Waals surface area contributed by atoms with Gasteiger partial charge in [0.1, 0.15) is 0 Å². The molecule has 0 unspecified atom stereocenters. The summed E-state index contributed by atoms with van der Waals surface area (Å²) in [5.41, 5.74) is 1.18. The van der Waals surface area contributed by atoms with Gasteiger partial charge in [0.25, 0.3) is 0 Å². The van der Waals surface area contributed by atoms with Gasteiger partial charge in [-0.2, -0.15) is 5.10 Å². The van der Waals surface area contributed by atoms with Crippen molar-refractivity contribution < 1.29 is 10.2 Å². The predicted molar refractivity (Wildman–Crippen MR) is 111 cm³/mol. The van der Waals surface area contributed by atoms with Crippen LogP contribution in [-0.2, 0) is 13.1 Å². The van der Waals surface area contributed by atoms with Crippen LogP contribution in [0, 0.1) is 5.92 Å². The Hall–Kier alpha value is -2.23. The van der Waals surface area contributed by atoms with Crippen LogP contribution in [0.1, 0.15) is 18.4 Å². The van der Waals surface area contributed by atoms with Gasteiger partial charge in [-0.3, -0.25) is 9.58 Å². The van der Waals surface area contributed by atoms with Crippen LogP contribution in [0.2, 0.25) is 0 Å². The fourth-order valence-electron chi connectivity index (χ4n) is 4.19. The van der Waals surface area contributed by atoms with Crippen LogP contribution in [-0.4, -0.2) is 87.3 Å². The lowest BCUT2D eigenvalue weighted by Gasteiger charge is -2.38. The smallest absolute Gasteiger partial charge is 0.172 e. The number of anilines is 2. The molecule has 2 aliphatic rings. The van der Waals surface area contributed by atoms with E-state index in [0.717, 1.165) is 70.3 Å². The summed E-state index contributed by atoms with van der Waals surface area (Å²) >= 11 is 0. The highest BCUT2D eigenvalue weighted by Gasteiger charge is 2.26. The molecule has 0 bridgehead atoms. The van der Waals surface area contributed by atoms with E-state index in [1.54, 1.807) is 17.1 Å². The van der Waals surface area contributed by atoms with Crippen LogP contribution >= 0.6 is 0 Å². The first-order valence-electron chi connectivity index (χ1n) is 10.5. The number of rotatable bonds is 7. The van der Waals surface area contributed by atoms with Crippen molar-refractivity contribution in [3.63, 3.8) is 0 Å². The van der Waals surface area contributed by atoms with Crippen molar-refractivity contribution in [1.82, 2.24) is 24.6 Å². The van der Waals surface area contributed by atoms with E-state index in [2.05, 4.69) is 29.8 Å². The maximum atomic E-state index is 9.39. The summed E-state index contributed by atoms with van der Waals surface area (Å²) in [7, 11) is 0. The minimum absolute atomic E-state index is 0.109. The second-order valence-electron chi connectivity index (χ2n) is 7.92. The van der Waals surface area contributed by atoms with E-state index in [4.69, 9.17) is 5.11 Å². The average Bonchev–Trinajstić information content (AvgIpc) is 3.21. The first-order chi connectivity index (χ1) is 14.3. The van der Waals surface area contributed by atoms with Gasteiger partial charge in [0.2, 0.25) is 0 Å². The van der Waals surface area contributed by atoms with E-state index >= 15 is 0 Å². The molecule has 0 aliphatic carbocycles. The molecule has 4 rings (SSSR count). The summed E-state index contributed by atoms with van der Waals surface area (Å²) in [4.78, 5) is 16.4. The number of aliphatic hydroxyl groups is 2. The number of hydrogen-bond donors (Lipinski definition) is 2. The molecule has 0 radical (unpaired) electrons. The molecule has 0 saturated carbocycles. The van der Waals surface area contributed by atoms with E-state index < -0.39 is 0 Å². The Morgan fingerprint density at radius 1 is 0.897 bits per heavy atom. The van der Waals surface area contributed by atoms with Crippen molar-refractivity contribution in [2.45, 2.75) is 25.9 Å². The molecular weight excluding hydrogens is 370 g/mol. The Bertz CT molecular complexity index is 768. The molecule has 2 aromatic rings. The zero-order valence-electron chi connectivity index (χ0n) is 16.9.